The van der Waals surface area contributed by atoms with E-state index in [-0.39, 0.29) is 30.6 Å². The lowest BCUT2D eigenvalue weighted by Crippen LogP contribution is -2.37. The Kier molecular flexibility index (Phi) is 6.81. The summed E-state index contributed by atoms with van der Waals surface area (Å²) in [5.74, 6) is -1.12. The summed E-state index contributed by atoms with van der Waals surface area (Å²) in [5.41, 5.74) is 0.602. The van der Waals surface area contributed by atoms with Crippen molar-refractivity contribution in [2.45, 2.75) is 11.8 Å². The molecule has 2 aromatic carbocycles. The number of hydrogen-bond donors (Lipinski definition) is 0. The lowest BCUT2D eigenvalue weighted by atomic mass is 10.3. The molecule has 0 N–H and O–H groups in total. The highest BCUT2D eigenvalue weighted by molar-refractivity contribution is 8.00. The number of anilines is 1. The Labute approximate surface area is 144 Å². The fraction of sp³-hybridized carbons (Fsp3) is 0.222. The molecule has 0 spiro atoms. The second-order valence-corrected chi connectivity index (χ2v) is 5.86. The van der Waals surface area contributed by atoms with Gasteiger partial charge in [0.1, 0.15) is 12.4 Å². The number of benzene rings is 2. The van der Waals surface area contributed by atoms with Crippen LogP contribution >= 0.6 is 11.8 Å². The third kappa shape index (κ3) is 5.09. The number of hydrogen-bond acceptors (Lipinski definition) is 4. The number of carbonyl (C=O) groups excluding carboxylic acids is 2. The molecular weight excluding hydrogens is 329 g/mol. The molecule has 0 aromatic heterocycles. The van der Waals surface area contributed by atoms with Crippen molar-refractivity contribution in [2.24, 2.45) is 0 Å². The fourth-order valence-electron chi connectivity index (χ4n) is 2.05. The molecule has 0 aliphatic rings. The summed E-state index contributed by atoms with van der Waals surface area (Å²) in [6.07, 6.45) is 0. The molecule has 0 radical (unpaired) electrons. The molecule has 0 aliphatic carbocycles. The van der Waals surface area contributed by atoms with Crippen LogP contribution in [0.25, 0.3) is 0 Å². The molecular formula is C18H18FNO3S. The van der Waals surface area contributed by atoms with Gasteiger partial charge in [0.15, 0.2) is 0 Å². The van der Waals surface area contributed by atoms with Gasteiger partial charge in [-0.15, -0.1) is 11.8 Å². The van der Waals surface area contributed by atoms with E-state index in [1.165, 1.54) is 11.0 Å². The maximum absolute atomic E-state index is 13.7. The third-order valence-electron chi connectivity index (χ3n) is 3.15. The van der Waals surface area contributed by atoms with E-state index in [1.54, 1.807) is 49.4 Å². The van der Waals surface area contributed by atoms with Gasteiger partial charge in [0.2, 0.25) is 5.91 Å². The average molecular weight is 347 g/mol. The molecule has 24 heavy (non-hydrogen) atoms. The highest BCUT2D eigenvalue weighted by Crippen LogP contribution is 2.23. The van der Waals surface area contributed by atoms with Crippen molar-refractivity contribution in [1.82, 2.24) is 0 Å². The maximum Gasteiger partial charge on any atom is 0.326 e. The van der Waals surface area contributed by atoms with Gasteiger partial charge in [-0.1, -0.05) is 30.3 Å². The highest BCUT2D eigenvalue weighted by atomic mass is 32.2. The molecule has 2 rings (SSSR count). The Hall–Kier alpha value is -2.34. The fourth-order valence-corrected chi connectivity index (χ4v) is 2.86. The third-order valence-corrected chi connectivity index (χ3v) is 4.18. The van der Waals surface area contributed by atoms with Crippen molar-refractivity contribution >= 4 is 29.3 Å². The number of rotatable bonds is 7. The number of para-hydroxylation sites is 1. The Morgan fingerprint density at radius 1 is 1.08 bits per heavy atom. The first kappa shape index (κ1) is 18.0. The molecule has 0 bridgehead atoms. The Balaban J connectivity index is 2.09. The summed E-state index contributed by atoms with van der Waals surface area (Å²) >= 11 is 1.10. The van der Waals surface area contributed by atoms with Crippen LogP contribution in [-0.2, 0) is 14.3 Å². The molecule has 4 nitrogen and oxygen atoms in total. The van der Waals surface area contributed by atoms with E-state index >= 15 is 0 Å². The lowest BCUT2D eigenvalue weighted by molar-refractivity contribution is -0.142. The summed E-state index contributed by atoms with van der Waals surface area (Å²) < 4.78 is 18.6. The van der Waals surface area contributed by atoms with Crippen LogP contribution in [0.4, 0.5) is 10.1 Å². The number of carbonyl (C=O) groups is 2. The SMILES string of the molecule is CCOC(=O)CN(C(=O)CSc1ccccc1F)c1ccccc1. The quantitative estimate of drug-likeness (QED) is 0.568. The number of ether oxygens (including phenoxy) is 1. The van der Waals surface area contributed by atoms with Crippen LogP contribution in [0.3, 0.4) is 0 Å². The lowest BCUT2D eigenvalue weighted by Gasteiger charge is -2.21. The number of nitrogens with zero attached hydrogens (tertiary/aromatic N) is 1. The normalized spacial score (nSPS) is 10.2. The largest absolute Gasteiger partial charge is 0.465 e. The molecule has 0 fully saturated rings. The van der Waals surface area contributed by atoms with Crippen LogP contribution in [0, 0.1) is 5.82 Å². The minimum absolute atomic E-state index is 0.0230. The standard InChI is InChI=1S/C18H18FNO3S/c1-2-23-18(22)12-20(14-8-4-3-5-9-14)17(21)13-24-16-11-7-6-10-15(16)19/h3-11H,2,12-13H2,1H3. The smallest absolute Gasteiger partial charge is 0.326 e. The second kappa shape index (κ2) is 9.08. The number of thioether (sulfide) groups is 1. The van der Waals surface area contributed by atoms with E-state index in [4.69, 9.17) is 4.74 Å². The zero-order valence-corrected chi connectivity index (χ0v) is 14.1. The minimum Gasteiger partial charge on any atom is -0.465 e. The van der Waals surface area contributed by atoms with Crippen molar-refractivity contribution in [1.29, 1.82) is 0 Å². The summed E-state index contributed by atoms with van der Waals surface area (Å²) in [4.78, 5) is 26.1. The molecule has 6 heteroatoms. The van der Waals surface area contributed by atoms with Crippen molar-refractivity contribution in [3.63, 3.8) is 0 Å². The molecule has 2 aromatic rings. The zero-order valence-electron chi connectivity index (χ0n) is 13.3. The number of halogens is 1. The summed E-state index contributed by atoms with van der Waals surface area (Å²) in [5, 5.41) is 0. The van der Waals surface area contributed by atoms with Crippen LogP contribution in [0.5, 0.6) is 0 Å². The Morgan fingerprint density at radius 3 is 2.42 bits per heavy atom. The molecule has 0 heterocycles. The van der Waals surface area contributed by atoms with E-state index in [2.05, 4.69) is 0 Å². The molecule has 1 amide bonds. The van der Waals surface area contributed by atoms with Crippen LogP contribution in [0.15, 0.2) is 59.5 Å². The first-order valence-electron chi connectivity index (χ1n) is 7.50. The maximum atomic E-state index is 13.7. The van der Waals surface area contributed by atoms with Gasteiger partial charge in [-0.25, -0.2) is 4.39 Å². The molecule has 0 saturated heterocycles. The van der Waals surface area contributed by atoms with Crippen molar-refractivity contribution < 1.29 is 18.7 Å². The molecule has 0 aliphatic heterocycles. The van der Waals surface area contributed by atoms with Gasteiger partial charge in [0.25, 0.3) is 0 Å². The predicted molar refractivity (Wildman–Crippen MR) is 92.6 cm³/mol. The summed E-state index contributed by atoms with van der Waals surface area (Å²) in [7, 11) is 0. The molecule has 0 unspecified atom stereocenters. The van der Waals surface area contributed by atoms with Gasteiger partial charge in [-0.3, -0.25) is 9.59 Å². The van der Waals surface area contributed by atoms with Gasteiger partial charge in [0.05, 0.1) is 12.4 Å². The van der Waals surface area contributed by atoms with Crippen LogP contribution in [-0.4, -0.2) is 30.8 Å². The summed E-state index contributed by atoms with van der Waals surface area (Å²) in [6.45, 7) is 1.79. The van der Waals surface area contributed by atoms with Crippen molar-refractivity contribution in [2.75, 3.05) is 23.8 Å². The Morgan fingerprint density at radius 2 is 1.75 bits per heavy atom. The average Bonchev–Trinajstić information content (AvgIpc) is 2.60. The Bertz CT molecular complexity index is 694. The zero-order chi connectivity index (χ0) is 17.4. The van der Waals surface area contributed by atoms with E-state index in [1.807, 2.05) is 6.07 Å². The second-order valence-electron chi connectivity index (χ2n) is 4.84. The monoisotopic (exact) mass is 347 g/mol. The topological polar surface area (TPSA) is 46.6 Å². The van der Waals surface area contributed by atoms with E-state index in [0.717, 1.165) is 11.8 Å². The van der Waals surface area contributed by atoms with Crippen LogP contribution in [0.1, 0.15) is 6.92 Å². The summed E-state index contributed by atoms with van der Waals surface area (Å²) in [6, 6.07) is 15.1. The first-order chi connectivity index (χ1) is 11.6. The van der Waals surface area contributed by atoms with E-state index in [0.29, 0.717) is 10.6 Å². The highest BCUT2D eigenvalue weighted by Gasteiger charge is 2.20. The van der Waals surface area contributed by atoms with Crippen LogP contribution < -0.4 is 4.90 Å². The minimum atomic E-state index is -0.481. The first-order valence-corrected chi connectivity index (χ1v) is 8.48. The molecule has 0 atom stereocenters. The van der Waals surface area contributed by atoms with Crippen molar-refractivity contribution in [3.8, 4) is 0 Å². The number of esters is 1. The van der Waals surface area contributed by atoms with Crippen LogP contribution in [0.2, 0.25) is 0 Å². The predicted octanol–water partition coefficient (Wildman–Crippen LogP) is 3.51. The molecule has 0 saturated carbocycles. The van der Waals surface area contributed by atoms with Gasteiger partial charge in [0, 0.05) is 10.6 Å². The number of amides is 1. The van der Waals surface area contributed by atoms with Gasteiger partial charge in [-0.2, -0.15) is 0 Å². The van der Waals surface area contributed by atoms with E-state index < -0.39 is 5.97 Å². The van der Waals surface area contributed by atoms with E-state index in [9.17, 15) is 14.0 Å². The van der Waals surface area contributed by atoms with Gasteiger partial charge < -0.3 is 9.64 Å². The molecule has 126 valence electrons. The van der Waals surface area contributed by atoms with Crippen molar-refractivity contribution in [3.05, 3.63) is 60.4 Å². The van der Waals surface area contributed by atoms with Gasteiger partial charge in [-0.05, 0) is 31.2 Å². The van der Waals surface area contributed by atoms with Gasteiger partial charge >= 0.3 is 5.97 Å².